The maximum Gasteiger partial charge on any atom is 0.124 e. The number of benzene rings is 1. The summed E-state index contributed by atoms with van der Waals surface area (Å²) in [6.07, 6.45) is 2.33. The van der Waals surface area contributed by atoms with E-state index in [1.807, 2.05) is 6.92 Å². The zero-order valence-electron chi connectivity index (χ0n) is 10.2. The summed E-state index contributed by atoms with van der Waals surface area (Å²) in [6.45, 7) is 1.98. The van der Waals surface area contributed by atoms with Crippen molar-refractivity contribution in [3.05, 3.63) is 53.2 Å². The van der Waals surface area contributed by atoms with Gasteiger partial charge in [-0.25, -0.2) is 4.39 Å². The monoisotopic (exact) mass is 268 g/mol. The fourth-order valence-electron chi connectivity index (χ4n) is 1.93. The van der Waals surface area contributed by atoms with Crippen molar-refractivity contribution in [3.8, 4) is 5.75 Å². The van der Waals surface area contributed by atoms with Gasteiger partial charge in [-0.05, 0) is 24.3 Å². The molecule has 0 fully saturated rings. The summed E-state index contributed by atoms with van der Waals surface area (Å²) in [4.78, 5) is 0. The van der Waals surface area contributed by atoms with Gasteiger partial charge in [0.25, 0.3) is 0 Å². The number of hydrogen-bond acceptors (Lipinski definition) is 2. The van der Waals surface area contributed by atoms with E-state index in [0.29, 0.717) is 11.3 Å². The Kier molecular flexibility index (Phi) is 3.92. The summed E-state index contributed by atoms with van der Waals surface area (Å²) in [6, 6.07) is 6.12. The fourth-order valence-corrected chi connectivity index (χ4v) is 2.30. The summed E-state index contributed by atoms with van der Waals surface area (Å²) in [5, 5.41) is -0.482. The van der Waals surface area contributed by atoms with Gasteiger partial charge in [0.2, 0.25) is 0 Å². The van der Waals surface area contributed by atoms with Gasteiger partial charge in [-0.3, -0.25) is 0 Å². The fraction of sp³-hybridized carbons (Fsp3) is 0.286. The van der Waals surface area contributed by atoms with Crippen molar-refractivity contribution in [2.24, 2.45) is 0 Å². The first-order valence-electron chi connectivity index (χ1n) is 5.71. The molecule has 2 aromatic rings. The number of rotatable bonds is 4. The number of methoxy groups -OCH3 is 1. The molecule has 2 rings (SSSR count). The summed E-state index contributed by atoms with van der Waals surface area (Å²) >= 11 is 6.41. The third-order valence-corrected chi connectivity index (χ3v) is 3.31. The van der Waals surface area contributed by atoms with Crippen LogP contribution in [0.1, 0.15) is 29.2 Å². The Labute approximate surface area is 110 Å². The van der Waals surface area contributed by atoms with Gasteiger partial charge < -0.3 is 9.15 Å². The van der Waals surface area contributed by atoms with Crippen molar-refractivity contribution >= 4 is 11.6 Å². The minimum atomic E-state index is -0.482. The van der Waals surface area contributed by atoms with Crippen LogP contribution in [0.3, 0.4) is 0 Å². The molecule has 0 saturated heterocycles. The SMILES string of the molecule is CCc1occc1C(Cl)c1cc(F)ccc1OC. The number of furan rings is 1. The normalized spacial score (nSPS) is 12.4. The molecule has 4 heteroatoms. The largest absolute Gasteiger partial charge is 0.496 e. The Morgan fingerprint density at radius 2 is 2.11 bits per heavy atom. The van der Waals surface area contributed by atoms with Gasteiger partial charge in [-0.1, -0.05) is 6.92 Å². The molecule has 1 atom stereocenters. The van der Waals surface area contributed by atoms with E-state index < -0.39 is 5.38 Å². The van der Waals surface area contributed by atoms with E-state index >= 15 is 0 Å². The lowest BCUT2D eigenvalue weighted by atomic mass is 10.0. The predicted octanol–water partition coefficient (Wildman–Crippen LogP) is 4.32. The molecule has 1 unspecified atom stereocenters. The molecule has 0 aliphatic carbocycles. The zero-order chi connectivity index (χ0) is 13.1. The van der Waals surface area contributed by atoms with E-state index in [9.17, 15) is 4.39 Å². The molecule has 18 heavy (non-hydrogen) atoms. The van der Waals surface area contributed by atoms with Crippen molar-refractivity contribution in [2.45, 2.75) is 18.7 Å². The molecular weight excluding hydrogens is 255 g/mol. The highest BCUT2D eigenvalue weighted by molar-refractivity contribution is 6.22. The van der Waals surface area contributed by atoms with Gasteiger partial charge in [-0.15, -0.1) is 11.6 Å². The highest BCUT2D eigenvalue weighted by atomic mass is 35.5. The average molecular weight is 269 g/mol. The van der Waals surface area contributed by atoms with Crippen molar-refractivity contribution in [1.29, 1.82) is 0 Å². The molecule has 0 N–H and O–H groups in total. The minimum Gasteiger partial charge on any atom is -0.496 e. The van der Waals surface area contributed by atoms with E-state index in [4.69, 9.17) is 20.8 Å². The Balaban J connectivity index is 2.45. The van der Waals surface area contributed by atoms with Crippen LogP contribution in [0.25, 0.3) is 0 Å². The Hall–Kier alpha value is -1.48. The van der Waals surface area contributed by atoms with Crippen molar-refractivity contribution in [1.82, 2.24) is 0 Å². The summed E-state index contributed by atoms with van der Waals surface area (Å²) in [5.41, 5.74) is 1.46. The van der Waals surface area contributed by atoms with Gasteiger partial charge in [0, 0.05) is 17.5 Å². The first-order valence-corrected chi connectivity index (χ1v) is 6.14. The molecule has 0 spiro atoms. The Morgan fingerprint density at radius 3 is 2.78 bits per heavy atom. The van der Waals surface area contributed by atoms with E-state index in [1.54, 1.807) is 18.4 Å². The topological polar surface area (TPSA) is 22.4 Å². The van der Waals surface area contributed by atoms with Crippen LogP contribution in [0.5, 0.6) is 5.75 Å². The standard InChI is InChI=1S/C14H14ClFO2/c1-3-12-10(6-7-18-12)14(15)11-8-9(16)4-5-13(11)17-2/h4-8,14H,3H2,1-2H3. The third kappa shape index (κ3) is 2.36. The van der Waals surface area contributed by atoms with Crippen LogP contribution in [0.2, 0.25) is 0 Å². The highest BCUT2D eigenvalue weighted by Crippen LogP contribution is 2.37. The van der Waals surface area contributed by atoms with E-state index in [-0.39, 0.29) is 5.82 Å². The van der Waals surface area contributed by atoms with Gasteiger partial charge in [0.05, 0.1) is 18.8 Å². The van der Waals surface area contributed by atoms with Crippen LogP contribution in [0, 0.1) is 5.82 Å². The van der Waals surface area contributed by atoms with Crippen molar-refractivity contribution in [3.63, 3.8) is 0 Å². The van der Waals surface area contributed by atoms with Crippen LogP contribution < -0.4 is 4.74 Å². The molecule has 0 amide bonds. The molecule has 1 aromatic heterocycles. The lowest BCUT2D eigenvalue weighted by Gasteiger charge is -2.14. The van der Waals surface area contributed by atoms with Gasteiger partial charge in [0.1, 0.15) is 17.3 Å². The maximum atomic E-state index is 13.3. The second-order valence-electron chi connectivity index (χ2n) is 3.90. The first-order chi connectivity index (χ1) is 8.67. The molecule has 0 radical (unpaired) electrons. The number of ether oxygens (including phenoxy) is 1. The molecule has 2 nitrogen and oxygen atoms in total. The number of halogens is 2. The van der Waals surface area contributed by atoms with E-state index in [0.717, 1.165) is 17.7 Å². The van der Waals surface area contributed by atoms with Crippen LogP contribution in [0.4, 0.5) is 4.39 Å². The van der Waals surface area contributed by atoms with Gasteiger partial charge in [-0.2, -0.15) is 0 Å². The third-order valence-electron chi connectivity index (χ3n) is 2.84. The average Bonchev–Trinajstić information content (AvgIpc) is 2.86. The summed E-state index contributed by atoms with van der Waals surface area (Å²) < 4.78 is 23.9. The van der Waals surface area contributed by atoms with E-state index in [1.165, 1.54) is 19.2 Å². The smallest absolute Gasteiger partial charge is 0.124 e. The van der Waals surface area contributed by atoms with Gasteiger partial charge in [0.15, 0.2) is 0 Å². The first kappa shape index (κ1) is 13.0. The Bertz CT molecular complexity index is 536. The van der Waals surface area contributed by atoms with Crippen molar-refractivity contribution < 1.29 is 13.5 Å². The second kappa shape index (κ2) is 5.44. The number of alkyl halides is 1. The van der Waals surface area contributed by atoms with Crippen LogP contribution in [-0.4, -0.2) is 7.11 Å². The lowest BCUT2D eigenvalue weighted by molar-refractivity contribution is 0.408. The van der Waals surface area contributed by atoms with Crippen LogP contribution in [-0.2, 0) is 6.42 Å². The van der Waals surface area contributed by atoms with Crippen LogP contribution >= 0.6 is 11.6 Å². The molecule has 1 aromatic carbocycles. The molecule has 0 bridgehead atoms. The molecule has 1 heterocycles. The molecular formula is C14H14ClFO2. The predicted molar refractivity (Wildman–Crippen MR) is 68.7 cm³/mol. The van der Waals surface area contributed by atoms with Crippen molar-refractivity contribution in [2.75, 3.05) is 7.11 Å². The minimum absolute atomic E-state index is 0.335. The molecule has 0 saturated carbocycles. The summed E-state index contributed by atoms with van der Waals surface area (Å²) in [5.74, 6) is 1.04. The maximum absolute atomic E-state index is 13.3. The molecule has 0 aliphatic heterocycles. The quantitative estimate of drug-likeness (QED) is 0.771. The summed E-state index contributed by atoms with van der Waals surface area (Å²) in [7, 11) is 1.54. The lowest BCUT2D eigenvalue weighted by Crippen LogP contribution is -1.99. The number of hydrogen-bond donors (Lipinski definition) is 0. The van der Waals surface area contributed by atoms with Gasteiger partial charge >= 0.3 is 0 Å². The number of aryl methyl sites for hydroxylation is 1. The highest BCUT2D eigenvalue weighted by Gasteiger charge is 2.20. The molecule has 96 valence electrons. The zero-order valence-corrected chi connectivity index (χ0v) is 11.0. The second-order valence-corrected chi connectivity index (χ2v) is 4.34. The Morgan fingerprint density at radius 1 is 1.33 bits per heavy atom. The molecule has 0 aliphatic rings. The van der Waals surface area contributed by atoms with E-state index in [2.05, 4.69) is 0 Å². The van der Waals surface area contributed by atoms with Crippen LogP contribution in [0.15, 0.2) is 34.9 Å².